The van der Waals surface area contributed by atoms with E-state index in [1.165, 1.54) is 6.07 Å². The van der Waals surface area contributed by atoms with Crippen molar-refractivity contribution in [3.8, 4) is 0 Å². The van der Waals surface area contributed by atoms with E-state index in [-0.39, 0.29) is 5.56 Å². The Morgan fingerprint density at radius 1 is 1.59 bits per heavy atom. The van der Waals surface area contributed by atoms with Crippen LogP contribution in [0.25, 0.3) is 0 Å². The largest absolute Gasteiger partial charge is 0.480 e. The van der Waals surface area contributed by atoms with Gasteiger partial charge in [-0.1, -0.05) is 13.3 Å². The van der Waals surface area contributed by atoms with Gasteiger partial charge in [-0.25, -0.2) is 9.78 Å². The summed E-state index contributed by atoms with van der Waals surface area (Å²) < 4.78 is 12.8. The molecule has 0 spiro atoms. The topological polar surface area (TPSA) is 79.3 Å². The number of halogens is 1. The second-order valence-electron chi connectivity index (χ2n) is 3.52. The van der Waals surface area contributed by atoms with Gasteiger partial charge in [0.2, 0.25) is 5.95 Å². The van der Waals surface area contributed by atoms with Crippen molar-refractivity contribution in [2.45, 2.75) is 25.8 Å². The number of nitrogens with one attached hydrogen (secondary N) is 1. The molecule has 0 saturated heterocycles. The predicted octanol–water partition coefficient (Wildman–Crippen LogP) is 1.20. The van der Waals surface area contributed by atoms with Gasteiger partial charge in [-0.3, -0.25) is 4.79 Å². The van der Waals surface area contributed by atoms with Gasteiger partial charge < -0.3 is 10.4 Å². The summed E-state index contributed by atoms with van der Waals surface area (Å²) in [7, 11) is 0. The first-order valence-corrected chi connectivity index (χ1v) is 5.19. The van der Waals surface area contributed by atoms with Gasteiger partial charge >= 0.3 is 5.97 Å². The van der Waals surface area contributed by atoms with E-state index in [0.717, 1.165) is 12.3 Å². The van der Waals surface area contributed by atoms with Crippen LogP contribution in [0.3, 0.4) is 0 Å². The maximum Gasteiger partial charge on any atom is 0.326 e. The third-order valence-corrected chi connectivity index (χ3v) is 2.17. The average Bonchev–Trinajstić information content (AvgIpc) is 2.28. The van der Waals surface area contributed by atoms with Crippen LogP contribution in [-0.2, 0) is 4.79 Å². The summed E-state index contributed by atoms with van der Waals surface area (Å²) in [5.41, 5.74) is 0.0554. The molecular formula is C11H13FN2O3. The maximum absolute atomic E-state index is 12.8. The summed E-state index contributed by atoms with van der Waals surface area (Å²) in [6, 6.07) is 1.33. The molecule has 0 fully saturated rings. The van der Waals surface area contributed by atoms with E-state index in [9.17, 15) is 14.0 Å². The zero-order valence-corrected chi connectivity index (χ0v) is 9.31. The van der Waals surface area contributed by atoms with Gasteiger partial charge in [0.15, 0.2) is 0 Å². The Morgan fingerprint density at radius 3 is 2.82 bits per heavy atom. The molecule has 92 valence electrons. The summed E-state index contributed by atoms with van der Waals surface area (Å²) in [6.45, 7) is 1.81. The molecule has 0 aliphatic carbocycles. The molecule has 0 bridgehead atoms. The van der Waals surface area contributed by atoms with Gasteiger partial charge in [0.05, 0.1) is 0 Å². The van der Waals surface area contributed by atoms with Crippen molar-refractivity contribution in [2.75, 3.05) is 0 Å². The molecular weight excluding hydrogens is 227 g/mol. The molecule has 17 heavy (non-hydrogen) atoms. The third-order valence-electron chi connectivity index (χ3n) is 2.17. The van der Waals surface area contributed by atoms with Crippen LogP contribution < -0.4 is 5.32 Å². The van der Waals surface area contributed by atoms with Gasteiger partial charge in [-0.05, 0) is 12.5 Å². The van der Waals surface area contributed by atoms with Crippen molar-refractivity contribution in [1.82, 2.24) is 10.3 Å². The zero-order chi connectivity index (χ0) is 12.8. The lowest BCUT2D eigenvalue weighted by atomic mass is 10.1. The van der Waals surface area contributed by atoms with E-state index in [2.05, 4.69) is 10.3 Å². The highest BCUT2D eigenvalue weighted by molar-refractivity contribution is 5.96. The average molecular weight is 240 g/mol. The fourth-order valence-electron chi connectivity index (χ4n) is 1.33. The van der Waals surface area contributed by atoms with Crippen molar-refractivity contribution >= 4 is 11.9 Å². The minimum atomic E-state index is -1.10. The molecule has 2 N–H and O–H groups in total. The third kappa shape index (κ3) is 3.82. The van der Waals surface area contributed by atoms with Crippen molar-refractivity contribution in [3.63, 3.8) is 0 Å². The van der Waals surface area contributed by atoms with Crippen LogP contribution in [0, 0.1) is 5.95 Å². The van der Waals surface area contributed by atoms with Gasteiger partial charge in [0.1, 0.15) is 6.04 Å². The Morgan fingerprint density at radius 2 is 2.29 bits per heavy atom. The lowest BCUT2D eigenvalue weighted by Gasteiger charge is -2.13. The van der Waals surface area contributed by atoms with Crippen LogP contribution in [0.15, 0.2) is 18.3 Å². The molecule has 5 nitrogen and oxygen atoms in total. The second kappa shape index (κ2) is 5.93. The monoisotopic (exact) mass is 240 g/mol. The normalized spacial score (nSPS) is 11.9. The van der Waals surface area contributed by atoms with Crippen LogP contribution in [0.2, 0.25) is 0 Å². The molecule has 0 aromatic carbocycles. The number of hydrogen-bond acceptors (Lipinski definition) is 3. The molecule has 1 heterocycles. The molecule has 1 amide bonds. The Hall–Kier alpha value is -1.98. The first kappa shape index (κ1) is 13.1. The van der Waals surface area contributed by atoms with Crippen molar-refractivity contribution in [2.24, 2.45) is 0 Å². The van der Waals surface area contributed by atoms with Crippen molar-refractivity contribution in [3.05, 3.63) is 29.8 Å². The van der Waals surface area contributed by atoms with E-state index in [1.807, 2.05) is 6.92 Å². The summed E-state index contributed by atoms with van der Waals surface area (Å²) in [5, 5.41) is 11.2. The molecule has 1 aromatic rings. The summed E-state index contributed by atoms with van der Waals surface area (Å²) >= 11 is 0. The highest BCUT2D eigenvalue weighted by Crippen LogP contribution is 2.03. The van der Waals surface area contributed by atoms with E-state index in [0.29, 0.717) is 12.8 Å². The summed E-state index contributed by atoms with van der Waals surface area (Å²) in [5.74, 6) is -2.50. The second-order valence-corrected chi connectivity index (χ2v) is 3.52. The number of carboxylic acids is 1. The summed E-state index contributed by atoms with van der Waals surface area (Å²) in [4.78, 5) is 25.7. The van der Waals surface area contributed by atoms with Gasteiger partial charge in [-0.2, -0.15) is 4.39 Å². The molecule has 1 aromatic heterocycles. The van der Waals surface area contributed by atoms with Crippen LogP contribution in [0.4, 0.5) is 4.39 Å². The molecule has 1 rings (SSSR count). The number of hydrogen-bond donors (Lipinski definition) is 2. The molecule has 0 radical (unpaired) electrons. The van der Waals surface area contributed by atoms with Crippen LogP contribution in [-0.4, -0.2) is 28.0 Å². The Labute approximate surface area is 97.7 Å². The molecule has 0 aliphatic rings. The lowest BCUT2D eigenvalue weighted by molar-refractivity contribution is -0.139. The van der Waals surface area contributed by atoms with E-state index in [4.69, 9.17) is 5.11 Å². The molecule has 0 aliphatic heterocycles. The Kier molecular flexibility index (Phi) is 4.56. The quantitative estimate of drug-likeness (QED) is 0.758. The minimum absolute atomic E-state index is 0.0554. The number of carbonyl (C=O) groups excluding carboxylic acids is 1. The van der Waals surface area contributed by atoms with E-state index >= 15 is 0 Å². The summed E-state index contributed by atoms with van der Waals surface area (Å²) in [6.07, 6.45) is 2.11. The fraction of sp³-hybridized carbons (Fsp3) is 0.364. The minimum Gasteiger partial charge on any atom is -0.480 e. The van der Waals surface area contributed by atoms with Gasteiger partial charge in [-0.15, -0.1) is 0 Å². The van der Waals surface area contributed by atoms with Crippen molar-refractivity contribution in [1.29, 1.82) is 0 Å². The highest BCUT2D eigenvalue weighted by Gasteiger charge is 2.19. The van der Waals surface area contributed by atoms with Crippen molar-refractivity contribution < 1.29 is 19.1 Å². The Bertz CT molecular complexity index is 423. The molecule has 1 unspecified atom stereocenters. The smallest absolute Gasteiger partial charge is 0.326 e. The van der Waals surface area contributed by atoms with Crippen LogP contribution >= 0.6 is 0 Å². The molecule has 6 heteroatoms. The van der Waals surface area contributed by atoms with Crippen LogP contribution in [0.5, 0.6) is 0 Å². The number of aliphatic carboxylic acids is 1. The number of aromatic nitrogens is 1. The van der Waals surface area contributed by atoms with Gasteiger partial charge in [0.25, 0.3) is 5.91 Å². The first-order valence-electron chi connectivity index (χ1n) is 5.19. The predicted molar refractivity (Wildman–Crippen MR) is 58.0 cm³/mol. The van der Waals surface area contributed by atoms with Gasteiger partial charge in [0, 0.05) is 17.8 Å². The highest BCUT2D eigenvalue weighted by atomic mass is 19.1. The van der Waals surface area contributed by atoms with E-state index < -0.39 is 23.9 Å². The standard InChI is InChI=1S/C11H13FN2O3/c1-2-3-8(11(16)17)14-10(15)7-4-5-13-9(12)6-7/h4-6,8H,2-3H2,1H3,(H,14,15)(H,16,17). The Balaban J connectivity index is 2.73. The molecule has 0 saturated carbocycles. The van der Waals surface area contributed by atoms with Crippen LogP contribution in [0.1, 0.15) is 30.1 Å². The number of carboxylic acid groups (broad SMARTS) is 1. The lowest BCUT2D eigenvalue weighted by Crippen LogP contribution is -2.40. The number of rotatable bonds is 5. The molecule has 1 atom stereocenters. The first-order chi connectivity index (χ1) is 8.04. The number of carbonyl (C=O) groups is 2. The van der Waals surface area contributed by atoms with E-state index in [1.54, 1.807) is 0 Å². The maximum atomic E-state index is 12.8. The SMILES string of the molecule is CCCC(NC(=O)c1ccnc(F)c1)C(=O)O. The number of nitrogens with zero attached hydrogens (tertiary/aromatic N) is 1. The number of amides is 1. The fourth-order valence-corrected chi connectivity index (χ4v) is 1.33. The zero-order valence-electron chi connectivity index (χ0n) is 9.31. The number of pyridine rings is 1.